The van der Waals surface area contributed by atoms with E-state index in [9.17, 15) is 14.4 Å². The number of unbranched alkanes of at least 4 members (excludes halogenated alkanes) is 37. The van der Waals surface area contributed by atoms with Gasteiger partial charge in [-0.05, 0) is 31.1 Å². The number of esters is 3. The van der Waals surface area contributed by atoms with Crippen molar-refractivity contribution in [3.63, 3.8) is 0 Å². The van der Waals surface area contributed by atoms with Crippen molar-refractivity contribution in [2.24, 2.45) is 11.8 Å². The average Bonchev–Trinajstić information content (AvgIpc) is 3.29. The minimum absolute atomic E-state index is 0.0628. The molecule has 0 radical (unpaired) electrons. The molecule has 0 rings (SSSR count). The molecule has 386 valence electrons. The summed E-state index contributed by atoms with van der Waals surface area (Å²) in [6.07, 6.45) is 55.2. The van der Waals surface area contributed by atoms with Gasteiger partial charge in [0.15, 0.2) is 6.10 Å². The van der Waals surface area contributed by atoms with Crippen LogP contribution in [0.3, 0.4) is 0 Å². The summed E-state index contributed by atoms with van der Waals surface area (Å²) in [5.74, 6) is 0.878. The Bertz CT molecular complexity index is 995. The third-order valence-corrected chi connectivity index (χ3v) is 13.8. The fourth-order valence-electron chi connectivity index (χ4n) is 9.02. The van der Waals surface area contributed by atoms with Crippen molar-refractivity contribution < 1.29 is 28.6 Å². The normalized spacial score (nSPS) is 12.5. The molecule has 0 fully saturated rings. The molecule has 0 bridgehead atoms. The number of carbonyl (C=O) groups is 3. The highest BCUT2D eigenvalue weighted by molar-refractivity contribution is 5.71. The Morgan fingerprint density at radius 3 is 0.877 bits per heavy atom. The van der Waals surface area contributed by atoms with Crippen molar-refractivity contribution in [2.75, 3.05) is 13.2 Å². The summed E-state index contributed by atoms with van der Waals surface area (Å²) in [7, 11) is 0. The molecule has 0 aromatic carbocycles. The van der Waals surface area contributed by atoms with E-state index in [1.54, 1.807) is 0 Å². The molecule has 0 aliphatic carbocycles. The van der Waals surface area contributed by atoms with Crippen LogP contribution in [-0.4, -0.2) is 37.2 Å². The van der Waals surface area contributed by atoms with Crippen LogP contribution in [0.25, 0.3) is 0 Å². The molecule has 0 aliphatic rings. The lowest BCUT2D eigenvalue weighted by Gasteiger charge is -2.18. The molecule has 6 heteroatoms. The largest absolute Gasteiger partial charge is 0.462 e. The molecule has 0 aromatic heterocycles. The second-order valence-electron chi connectivity index (χ2n) is 21.0. The van der Waals surface area contributed by atoms with Crippen LogP contribution in [0, 0.1) is 11.8 Å². The molecular weight excluding hydrogens is 805 g/mol. The quantitative estimate of drug-likeness (QED) is 0.0344. The third kappa shape index (κ3) is 51.6. The van der Waals surface area contributed by atoms with E-state index in [1.807, 2.05) is 0 Å². The van der Waals surface area contributed by atoms with E-state index < -0.39 is 6.10 Å². The monoisotopic (exact) mass is 919 g/mol. The fourth-order valence-corrected chi connectivity index (χ4v) is 9.02. The Morgan fingerprint density at radius 2 is 0.585 bits per heavy atom. The molecule has 0 spiro atoms. The zero-order valence-corrected chi connectivity index (χ0v) is 44.6. The molecule has 0 saturated heterocycles. The zero-order chi connectivity index (χ0) is 47.5. The molecule has 1 unspecified atom stereocenters. The lowest BCUT2D eigenvalue weighted by atomic mass is 9.99. The highest BCUT2D eigenvalue weighted by Gasteiger charge is 2.19. The Morgan fingerprint density at radius 1 is 0.323 bits per heavy atom. The summed E-state index contributed by atoms with van der Waals surface area (Å²) in [6, 6.07) is 0. The van der Waals surface area contributed by atoms with Gasteiger partial charge in [-0.1, -0.05) is 291 Å². The molecule has 6 nitrogen and oxygen atoms in total. The minimum atomic E-state index is -0.762. The number of carbonyl (C=O) groups excluding carboxylic acids is 3. The third-order valence-electron chi connectivity index (χ3n) is 13.8. The Kier molecular flexibility index (Phi) is 50.5. The van der Waals surface area contributed by atoms with Gasteiger partial charge in [-0.25, -0.2) is 0 Å². The van der Waals surface area contributed by atoms with Crippen molar-refractivity contribution >= 4 is 17.9 Å². The number of ether oxygens (including phenoxy) is 3. The van der Waals surface area contributed by atoms with Gasteiger partial charge in [0, 0.05) is 19.3 Å². The summed E-state index contributed by atoms with van der Waals surface area (Å²) in [4.78, 5) is 38.1. The zero-order valence-electron chi connectivity index (χ0n) is 44.6. The van der Waals surface area contributed by atoms with Gasteiger partial charge in [-0.3, -0.25) is 14.4 Å². The first-order valence-corrected chi connectivity index (χ1v) is 29.3. The van der Waals surface area contributed by atoms with Gasteiger partial charge in [-0.2, -0.15) is 0 Å². The highest BCUT2D eigenvalue weighted by atomic mass is 16.6. The Hall–Kier alpha value is -1.59. The van der Waals surface area contributed by atoms with Gasteiger partial charge in [0.1, 0.15) is 13.2 Å². The maximum atomic E-state index is 12.8. The first kappa shape index (κ1) is 63.4. The summed E-state index contributed by atoms with van der Waals surface area (Å²) in [6.45, 7) is 11.4. The van der Waals surface area contributed by atoms with Crippen LogP contribution in [-0.2, 0) is 28.6 Å². The topological polar surface area (TPSA) is 78.9 Å². The van der Waals surface area contributed by atoms with Crippen LogP contribution >= 0.6 is 0 Å². The van der Waals surface area contributed by atoms with E-state index in [2.05, 4.69) is 34.6 Å². The van der Waals surface area contributed by atoms with Crippen LogP contribution in [0.2, 0.25) is 0 Å². The fraction of sp³-hybridized carbons (Fsp3) is 0.949. The van der Waals surface area contributed by atoms with E-state index in [0.717, 1.165) is 69.6 Å². The van der Waals surface area contributed by atoms with Crippen LogP contribution in [0.5, 0.6) is 0 Å². The molecule has 65 heavy (non-hydrogen) atoms. The molecule has 0 aliphatic heterocycles. The maximum absolute atomic E-state index is 12.8. The Labute approximate surface area is 406 Å². The SMILES string of the molecule is CCCCCCCCCCCCCCCC(=O)O[C@H](COC(=O)CCCCCCCCCCCCCCCCCCCCC(C)CC)COC(=O)CCCCCCCCCCCC(C)C. The van der Waals surface area contributed by atoms with Gasteiger partial charge >= 0.3 is 17.9 Å². The van der Waals surface area contributed by atoms with E-state index in [0.29, 0.717) is 19.3 Å². The smallest absolute Gasteiger partial charge is 0.306 e. The summed E-state index contributed by atoms with van der Waals surface area (Å²) in [5.41, 5.74) is 0. The van der Waals surface area contributed by atoms with E-state index in [4.69, 9.17) is 14.2 Å². The van der Waals surface area contributed by atoms with Crippen molar-refractivity contribution in [2.45, 2.75) is 336 Å². The van der Waals surface area contributed by atoms with Crippen molar-refractivity contribution in [1.29, 1.82) is 0 Å². The van der Waals surface area contributed by atoms with Crippen molar-refractivity contribution in [3.8, 4) is 0 Å². The van der Waals surface area contributed by atoms with Crippen molar-refractivity contribution in [3.05, 3.63) is 0 Å². The predicted molar refractivity (Wildman–Crippen MR) is 280 cm³/mol. The molecular formula is C59H114O6. The lowest BCUT2D eigenvalue weighted by molar-refractivity contribution is -0.167. The summed E-state index contributed by atoms with van der Waals surface area (Å²) < 4.78 is 16.9. The predicted octanol–water partition coefficient (Wildman–Crippen LogP) is 19.3. The van der Waals surface area contributed by atoms with Crippen molar-refractivity contribution in [1.82, 2.24) is 0 Å². The first-order valence-electron chi connectivity index (χ1n) is 29.3. The number of rotatable bonds is 53. The second-order valence-corrected chi connectivity index (χ2v) is 21.0. The van der Waals surface area contributed by atoms with E-state index in [-0.39, 0.29) is 31.1 Å². The van der Waals surface area contributed by atoms with E-state index in [1.165, 1.54) is 218 Å². The van der Waals surface area contributed by atoms with Crippen LogP contribution < -0.4 is 0 Å². The number of hydrogen-bond donors (Lipinski definition) is 0. The summed E-state index contributed by atoms with van der Waals surface area (Å²) >= 11 is 0. The molecule has 0 N–H and O–H groups in total. The molecule has 0 heterocycles. The van der Waals surface area contributed by atoms with Gasteiger partial charge in [0.25, 0.3) is 0 Å². The maximum Gasteiger partial charge on any atom is 0.306 e. The first-order chi connectivity index (χ1) is 31.8. The van der Waals surface area contributed by atoms with Crippen LogP contribution in [0.1, 0.15) is 330 Å². The number of hydrogen-bond acceptors (Lipinski definition) is 6. The molecule has 2 atom stereocenters. The standard InChI is InChI=1S/C59H114O6/c1-6-8-9-10-11-12-13-20-25-30-36-41-46-51-59(62)65-56(53-64-58(61)50-45-40-35-31-26-27-32-37-42-47-54(3)4)52-63-57(60)49-44-39-34-29-24-22-19-17-15-14-16-18-21-23-28-33-38-43-48-55(5)7-2/h54-56H,6-53H2,1-5H3/t55?,56-/m1/s1. The Balaban J connectivity index is 4.21. The van der Waals surface area contributed by atoms with Crippen LogP contribution in [0.4, 0.5) is 0 Å². The van der Waals surface area contributed by atoms with Gasteiger partial charge in [0.05, 0.1) is 0 Å². The average molecular weight is 920 g/mol. The van der Waals surface area contributed by atoms with E-state index >= 15 is 0 Å². The second kappa shape index (κ2) is 51.8. The van der Waals surface area contributed by atoms with Gasteiger partial charge < -0.3 is 14.2 Å². The van der Waals surface area contributed by atoms with Crippen LogP contribution in [0.15, 0.2) is 0 Å². The molecule has 0 saturated carbocycles. The lowest BCUT2D eigenvalue weighted by Crippen LogP contribution is -2.30. The van der Waals surface area contributed by atoms with Gasteiger partial charge in [-0.15, -0.1) is 0 Å². The molecule has 0 amide bonds. The summed E-state index contributed by atoms with van der Waals surface area (Å²) in [5, 5.41) is 0. The highest BCUT2D eigenvalue weighted by Crippen LogP contribution is 2.19. The molecule has 0 aromatic rings. The minimum Gasteiger partial charge on any atom is -0.462 e. The van der Waals surface area contributed by atoms with Gasteiger partial charge in [0.2, 0.25) is 0 Å².